The summed E-state index contributed by atoms with van der Waals surface area (Å²) in [4.78, 5) is 34.4. The monoisotopic (exact) mass is 378 g/mol. The van der Waals surface area contributed by atoms with Gasteiger partial charge in [0.05, 0.1) is 12.6 Å². The molecule has 28 heavy (non-hydrogen) atoms. The number of anilines is 1. The molecule has 2 aromatic heterocycles. The van der Waals surface area contributed by atoms with E-state index < -0.39 is 0 Å². The van der Waals surface area contributed by atoms with E-state index in [-0.39, 0.29) is 12.1 Å². The number of hydrogen-bond donors (Lipinski definition) is 1. The molecule has 1 N–H and O–H groups in total. The summed E-state index contributed by atoms with van der Waals surface area (Å²) in [6, 6.07) is 4.07. The number of imidazole rings is 1. The summed E-state index contributed by atoms with van der Waals surface area (Å²) in [7, 11) is 0. The summed E-state index contributed by atoms with van der Waals surface area (Å²) in [5.74, 6) is 3.03. The number of aromatic amines is 1. The van der Waals surface area contributed by atoms with Crippen molar-refractivity contribution in [2.45, 2.75) is 57.4 Å². The number of carbonyl (C=O) groups excluding carboxylic acids is 1. The van der Waals surface area contributed by atoms with Crippen LogP contribution in [-0.2, 0) is 6.42 Å². The van der Waals surface area contributed by atoms with E-state index in [0.717, 1.165) is 41.6 Å². The second-order valence-electron chi connectivity index (χ2n) is 8.02. The van der Waals surface area contributed by atoms with E-state index in [1.807, 2.05) is 22.1 Å². The molecule has 0 spiro atoms. The Hall–Kier alpha value is -2.70. The number of H-pyrrole nitrogens is 1. The normalized spacial score (nSPS) is 21.8. The molecule has 3 aliphatic rings. The van der Waals surface area contributed by atoms with Crippen molar-refractivity contribution in [2.75, 3.05) is 18.0 Å². The molecular weight excluding hydrogens is 352 g/mol. The number of amides is 2. The van der Waals surface area contributed by atoms with E-state index in [4.69, 9.17) is 9.98 Å². The van der Waals surface area contributed by atoms with Crippen LogP contribution in [0.15, 0.2) is 29.5 Å². The Bertz CT molecular complexity index is 899. The van der Waals surface area contributed by atoms with Crippen molar-refractivity contribution in [3.05, 3.63) is 41.6 Å². The minimum Gasteiger partial charge on any atom is -0.337 e. The standard InChI is InChI=1S/C21H26N6O/c1-2-10-26-20-17(24-18(25-20)15-7-3-4-8-15)19-23-16(13-27(19)21(26)28)11-14-6-5-9-22-12-14/h5-6,9,12,15-16H,2-4,7-8,10-11,13H2,1H3,(H,24,25). The number of pyridine rings is 1. The van der Waals surface area contributed by atoms with Gasteiger partial charge in [0.2, 0.25) is 0 Å². The van der Waals surface area contributed by atoms with Gasteiger partial charge in [0.15, 0.2) is 11.7 Å². The zero-order valence-electron chi connectivity index (χ0n) is 16.3. The smallest absolute Gasteiger partial charge is 0.331 e. The van der Waals surface area contributed by atoms with E-state index >= 15 is 0 Å². The fraction of sp³-hybridized carbons (Fsp3) is 0.524. The average Bonchev–Trinajstić information content (AvgIpc) is 3.44. The first-order valence-corrected chi connectivity index (χ1v) is 10.4. The third-order valence-electron chi connectivity index (χ3n) is 5.98. The SMILES string of the molecule is CCCN1C(=O)N2CC(Cc3cccnc3)N=C2c2[nH]c(C3CCCC3)nc21. The van der Waals surface area contributed by atoms with Crippen LogP contribution in [0.2, 0.25) is 0 Å². The van der Waals surface area contributed by atoms with Crippen LogP contribution in [0.3, 0.4) is 0 Å². The molecular formula is C21H26N6O. The maximum absolute atomic E-state index is 13.2. The third-order valence-corrected chi connectivity index (χ3v) is 5.98. The Labute approximate surface area is 164 Å². The lowest BCUT2D eigenvalue weighted by Crippen LogP contribution is -2.50. The Balaban J connectivity index is 1.49. The predicted molar refractivity (Wildman–Crippen MR) is 108 cm³/mol. The molecule has 2 amide bonds. The average molecular weight is 378 g/mol. The Morgan fingerprint density at radius 2 is 2.14 bits per heavy atom. The molecule has 1 unspecified atom stereocenters. The quantitative estimate of drug-likeness (QED) is 0.865. The molecule has 0 aromatic carbocycles. The molecule has 0 saturated heterocycles. The fourth-order valence-corrected chi connectivity index (χ4v) is 4.64. The predicted octanol–water partition coefficient (Wildman–Crippen LogP) is 3.49. The van der Waals surface area contributed by atoms with E-state index in [1.54, 1.807) is 6.20 Å². The molecule has 0 radical (unpaired) electrons. The summed E-state index contributed by atoms with van der Waals surface area (Å²) in [6.45, 7) is 3.38. The maximum atomic E-state index is 13.2. The molecule has 7 nitrogen and oxygen atoms in total. The van der Waals surface area contributed by atoms with Crippen LogP contribution >= 0.6 is 0 Å². The van der Waals surface area contributed by atoms with Crippen LogP contribution in [0.25, 0.3) is 0 Å². The van der Waals surface area contributed by atoms with Gasteiger partial charge in [-0.3, -0.25) is 19.8 Å². The maximum Gasteiger partial charge on any atom is 0.331 e. The second kappa shape index (κ2) is 7.04. The van der Waals surface area contributed by atoms with Gasteiger partial charge in [0, 0.05) is 24.9 Å². The van der Waals surface area contributed by atoms with Crippen LogP contribution in [0.1, 0.15) is 62.0 Å². The lowest BCUT2D eigenvalue weighted by atomic mass is 10.1. The Kier molecular flexibility index (Phi) is 4.37. The number of hydrogen-bond acceptors (Lipinski definition) is 4. The van der Waals surface area contributed by atoms with Crippen LogP contribution in [0.4, 0.5) is 10.6 Å². The highest BCUT2D eigenvalue weighted by molar-refractivity contribution is 6.18. The van der Waals surface area contributed by atoms with Crippen LogP contribution in [0, 0.1) is 0 Å². The summed E-state index contributed by atoms with van der Waals surface area (Å²) >= 11 is 0. The van der Waals surface area contributed by atoms with Gasteiger partial charge in [-0.25, -0.2) is 9.78 Å². The highest BCUT2D eigenvalue weighted by Gasteiger charge is 2.42. The van der Waals surface area contributed by atoms with Gasteiger partial charge in [0.25, 0.3) is 0 Å². The van der Waals surface area contributed by atoms with E-state index in [9.17, 15) is 4.79 Å². The molecule has 4 heterocycles. The minimum atomic E-state index is 0.00580. The molecule has 1 atom stereocenters. The number of nitrogens with zero attached hydrogens (tertiary/aromatic N) is 5. The molecule has 1 aliphatic carbocycles. The molecule has 2 aliphatic heterocycles. The summed E-state index contributed by atoms with van der Waals surface area (Å²) < 4.78 is 0. The number of urea groups is 1. The zero-order chi connectivity index (χ0) is 19.1. The topological polar surface area (TPSA) is 77.5 Å². The van der Waals surface area contributed by atoms with Crippen molar-refractivity contribution in [1.29, 1.82) is 0 Å². The van der Waals surface area contributed by atoms with Gasteiger partial charge in [-0.2, -0.15) is 0 Å². The van der Waals surface area contributed by atoms with Crippen molar-refractivity contribution in [2.24, 2.45) is 4.99 Å². The van der Waals surface area contributed by atoms with E-state index in [0.29, 0.717) is 19.0 Å². The van der Waals surface area contributed by atoms with Crippen LogP contribution < -0.4 is 4.90 Å². The van der Waals surface area contributed by atoms with Crippen molar-refractivity contribution in [3.8, 4) is 0 Å². The molecule has 5 rings (SSSR count). The molecule has 2 aromatic rings. The second-order valence-corrected chi connectivity index (χ2v) is 8.02. The number of fused-ring (bicyclic) bond motifs is 3. The lowest BCUT2D eigenvalue weighted by Gasteiger charge is -2.32. The van der Waals surface area contributed by atoms with Crippen molar-refractivity contribution in [3.63, 3.8) is 0 Å². The number of rotatable bonds is 5. The molecule has 1 saturated carbocycles. The number of nitrogens with one attached hydrogen (secondary N) is 1. The summed E-state index contributed by atoms with van der Waals surface area (Å²) in [5.41, 5.74) is 2.06. The molecule has 146 valence electrons. The van der Waals surface area contributed by atoms with Crippen LogP contribution in [0.5, 0.6) is 0 Å². The minimum absolute atomic E-state index is 0.00580. The van der Waals surface area contributed by atoms with Gasteiger partial charge in [-0.15, -0.1) is 0 Å². The number of aliphatic imine (C=N–C) groups is 1. The molecule has 1 fully saturated rings. The fourth-order valence-electron chi connectivity index (χ4n) is 4.64. The van der Waals surface area contributed by atoms with Crippen molar-refractivity contribution < 1.29 is 4.79 Å². The van der Waals surface area contributed by atoms with Crippen molar-refractivity contribution in [1.82, 2.24) is 19.9 Å². The first-order chi connectivity index (χ1) is 13.7. The number of carbonyl (C=O) groups is 1. The Morgan fingerprint density at radius 3 is 2.89 bits per heavy atom. The van der Waals surface area contributed by atoms with Crippen LogP contribution in [-0.4, -0.2) is 50.8 Å². The lowest BCUT2D eigenvalue weighted by molar-refractivity contribution is 0.226. The van der Waals surface area contributed by atoms with Gasteiger partial charge < -0.3 is 4.98 Å². The third kappa shape index (κ3) is 2.89. The van der Waals surface area contributed by atoms with Gasteiger partial charge >= 0.3 is 6.03 Å². The molecule has 7 heteroatoms. The largest absolute Gasteiger partial charge is 0.337 e. The zero-order valence-corrected chi connectivity index (χ0v) is 16.3. The molecule has 0 bridgehead atoms. The first-order valence-electron chi connectivity index (χ1n) is 10.4. The van der Waals surface area contributed by atoms with Gasteiger partial charge in [-0.05, 0) is 37.3 Å². The first kappa shape index (κ1) is 17.4. The number of amidine groups is 1. The summed E-state index contributed by atoms with van der Waals surface area (Å²) in [5, 5.41) is 0. The highest BCUT2D eigenvalue weighted by atomic mass is 16.2. The van der Waals surface area contributed by atoms with Gasteiger partial charge in [-0.1, -0.05) is 25.8 Å². The Morgan fingerprint density at radius 1 is 1.29 bits per heavy atom. The van der Waals surface area contributed by atoms with E-state index in [1.165, 1.54) is 25.7 Å². The highest BCUT2D eigenvalue weighted by Crippen LogP contribution is 2.37. The van der Waals surface area contributed by atoms with Crippen molar-refractivity contribution >= 4 is 17.7 Å². The van der Waals surface area contributed by atoms with Gasteiger partial charge in [0.1, 0.15) is 11.5 Å². The van der Waals surface area contributed by atoms with E-state index in [2.05, 4.69) is 23.0 Å². The summed E-state index contributed by atoms with van der Waals surface area (Å²) in [6.07, 6.45) is 10.2. The number of aromatic nitrogens is 3.